The fraction of sp³-hybridized carbons (Fsp3) is 0.500. The first-order chi connectivity index (χ1) is 11.9. The summed E-state index contributed by atoms with van der Waals surface area (Å²) in [6.45, 7) is 9.15. The Morgan fingerprint density at radius 1 is 1.32 bits per heavy atom. The molecule has 25 heavy (non-hydrogen) atoms. The average Bonchev–Trinajstić information content (AvgIpc) is 3.18. The third-order valence-corrected chi connectivity index (χ3v) is 4.80. The first-order valence-electron chi connectivity index (χ1n) is 8.51. The lowest BCUT2D eigenvalue weighted by Gasteiger charge is -2.21. The second kappa shape index (κ2) is 8.80. The quantitative estimate of drug-likeness (QED) is 0.709. The Morgan fingerprint density at radius 2 is 2.08 bits per heavy atom. The molecule has 0 aromatic carbocycles. The number of rotatable bonds is 8. The first kappa shape index (κ1) is 19.2. The van der Waals surface area contributed by atoms with Crippen LogP contribution in [0, 0.1) is 19.8 Å². The van der Waals surface area contributed by atoms with Crippen molar-refractivity contribution in [3.63, 3.8) is 0 Å². The Bertz CT molecular complexity index is 707. The Hall–Kier alpha value is -2.15. The van der Waals surface area contributed by atoms with Crippen LogP contribution in [0.15, 0.2) is 23.6 Å². The highest BCUT2D eigenvalue weighted by atomic mass is 32.1. The van der Waals surface area contributed by atoms with Crippen molar-refractivity contribution in [1.29, 1.82) is 0 Å². The van der Waals surface area contributed by atoms with Gasteiger partial charge in [-0.15, -0.1) is 11.3 Å². The highest BCUT2D eigenvalue weighted by Gasteiger charge is 2.24. The fourth-order valence-electron chi connectivity index (χ4n) is 2.61. The third kappa shape index (κ3) is 5.42. The van der Waals surface area contributed by atoms with Gasteiger partial charge in [-0.2, -0.15) is 5.10 Å². The van der Waals surface area contributed by atoms with E-state index >= 15 is 0 Å². The predicted octanol–water partition coefficient (Wildman–Crippen LogP) is 2.52. The number of hydrogen-bond donors (Lipinski definition) is 2. The fourth-order valence-corrected chi connectivity index (χ4v) is 3.23. The summed E-state index contributed by atoms with van der Waals surface area (Å²) in [6.07, 6.45) is 0.789. The first-order valence-corrected chi connectivity index (χ1v) is 9.39. The van der Waals surface area contributed by atoms with E-state index < -0.39 is 6.04 Å². The summed E-state index contributed by atoms with van der Waals surface area (Å²) in [6, 6.07) is 5.07. The highest BCUT2D eigenvalue weighted by molar-refractivity contribution is 7.12. The molecule has 0 aliphatic heterocycles. The van der Waals surface area contributed by atoms with Crippen molar-refractivity contribution < 1.29 is 9.59 Å². The van der Waals surface area contributed by atoms with E-state index in [0.29, 0.717) is 11.4 Å². The molecule has 0 aliphatic rings. The largest absolute Gasteiger partial charge is 0.354 e. The molecule has 7 heteroatoms. The zero-order valence-corrected chi connectivity index (χ0v) is 16.0. The molecule has 0 saturated carbocycles. The van der Waals surface area contributed by atoms with Crippen LogP contribution in [0.25, 0.3) is 0 Å². The van der Waals surface area contributed by atoms with Gasteiger partial charge in [0.25, 0.3) is 5.91 Å². The van der Waals surface area contributed by atoms with Crippen molar-refractivity contribution in [3.8, 4) is 0 Å². The molecule has 0 aliphatic carbocycles. The summed E-state index contributed by atoms with van der Waals surface area (Å²) in [5.74, 6) is -0.334. The maximum atomic E-state index is 12.4. The lowest BCUT2D eigenvalue weighted by Crippen LogP contribution is -2.49. The summed E-state index contributed by atoms with van der Waals surface area (Å²) in [5.41, 5.74) is 2.12. The Labute approximate surface area is 152 Å². The standard InChI is InChI=1S/C18H26N4O2S/c1-12(2)16(20-17(23)15-7-5-10-25-15)18(24)19-8-6-9-22-14(4)11-13(3)21-22/h5,7,10-12,16H,6,8-9H2,1-4H3,(H,19,24)(H,20,23). The number of amides is 2. The number of carbonyl (C=O) groups excluding carboxylic acids is 2. The number of aryl methyl sites for hydroxylation is 3. The summed E-state index contributed by atoms with van der Waals surface area (Å²) in [4.78, 5) is 25.2. The van der Waals surface area contributed by atoms with Gasteiger partial charge in [0.15, 0.2) is 0 Å². The molecule has 2 heterocycles. The van der Waals surface area contributed by atoms with Crippen LogP contribution in [0.2, 0.25) is 0 Å². The van der Waals surface area contributed by atoms with E-state index in [0.717, 1.165) is 24.4 Å². The number of carbonyl (C=O) groups is 2. The van der Waals surface area contributed by atoms with E-state index in [1.807, 2.05) is 49.9 Å². The van der Waals surface area contributed by atoms with Gasteiger partial charge in [0.2, 0.25) is 5.91 Å². The van der Waals surface area contributed by atoms with Gasteiger partial charge in [0, 0.05) is 18.8 Å². The van der Waals surface area contributed by atoms with Crippen molar-refractivity contribution in [3.05, 3.63) is 39.8 Å². The number of thiophene rings is 1. The van der Waals surface area contributed by atoms with Crippen molar-refractivity contribution in [1.82, 2.24) is 20.4 Å². The molecule has 0 radical (unpaired) electrons. The van der Waals surface area contributed by atoms with Crippen LogP contribution < -0.4 is 10.6 Å². The van der Waals surface area contributed by atoms with E-state index in [2.05, 4.69) is 15.7 Å². The third-order valence-electron chi connectivity index (χ3n) is 3.93. The summed E-state index contributed by atoms with van der Waals surface area (Å²) >= 11 is 1.37. The van der Waals surface area contributed by atoms with Crippen LogP contribution >= 0.6 is 11.3 Å². The van der Waals surface area contributed by atoms with E-state index in [1.165, 1.54) is 11.3 Å². The molecule has 2 amide bonds. The molecular weight excluding hydrogens is 336 g/mol. The molecule has 1 unspecified atom stereocenters. The van der Waals surface area contributed by atoms with Gasteiger partial charge in [-0.25, -0.2) is 0 Å². The molecule has 136 valence electrons. The minimum absolute atomic E-state index is 0.0138. The monoisotopic (exact) mass is 362 g/mol. The van der Waals surface area contributed by atoms with Crippen LogP contribution in [0.1, 0.15) is 41.3 Å². The second-order valence-corrected chi connectivity index (χ2v) is 7.41. The van der Waals surface area contributed by atoms with Crippen LogP contribution in [0.3, 0.4) is 0 Å². The van der Waals surface area contributed by atoms with Crippen LogP contribution in [0.4, 0.5) is 0 Å². The number of nitrogens with zero attached hydrogens (tertiary/aromatic N) is 2. The van der Waals surface area contributed by atoms with Crippen LogP contribution in [0.5, 0.6) is 0 Å². The highest BCUT2D eigenvalue weighted by Crippen LogP contribution is 2.10. The molecule has 2 rings (SSSR count). The normalized spacial score (nSPS) is 12.2. The molecule has 0 bridgehead atoms. The van der Waals surface area contributed by atoms with Crippen molar-refractivity contribution in [2.24, 2.45) is 5.92 Å². The Kier molecular flexibility index (Phi) is 6.75. The minimum atomic E-state index is -0.539. The van der Waals surface area contributed by atoms with Gasteiger partial charge < -0.3 is 10.6 Å². The number of hydrogen-bond acceptors (Lipinski definition) is 4. The van der Waals surface area contributed by atoms with Crippen molar-refractivity contribution >= 4 is 23.2 Å². The molecule has 0 saturated heterocycles. The van der Waals surface area contributed by atoms with E-state index in [1.54, 1.807) is 6.07 Å². The van der Waals surface area contributed by atoms with Gasteiger partial charge in [-0.05, 0) is 43.7 Å². The maximum Gasteiger partial charge on any atom is 0.262 e. The smallest absolute Gasteiger partial charge is 0.262 e. The molecule has 2 aromatic heterocycles. The van der Waals surface area contributed by atoms with Gasteiger partial charge in [0.05, 0.1) is 10.6 Å². The zero-order valence-electron chi connectivity index (χ0n) is 15.2. The summed E-state index contributed by atoms with van der Waals surface area (Å²) in [5, 5.41) is 12.0. The van der Waals surface area contributed by atoms with E-state index in [-0.39, 0.29) is 17.7 Å². The molecular formula is C18H26N4O2S. The van der Waals surface area contributed by atoms with Gasteiger partial charge >= 0.3 is 0 Å². The minimum Gasteiger partial charge on any atom is -0.354 e. The number of nitrogens with one attached hydrogen (secondary N) is 2. The molecule has 1 atom stereocenters. The van der Waals surface area contributed by atoms with Gasteiger partial charge in [-0.3, -0.25) is 14.3 Å². The Balaban J connectivity index is 1.81. The maximum absolute atomic E-state index is 12.4. The molecule has 6 nitrogen and oxygen atoms in total. The summed E-state index contributed by atoms with van der Waals surface area (Å²) in [7, 11) is 0. The molecule has 0 fully saturated rings. The second-order valence-electron chi connectivity index (χ2n) is 6.47. The predicted molar refractivity (Wildman–Crippen MR) is 99.7 cm³/mol. The number of aromatic nitrogens is 2. The van der Waals surface area contributed by atoms with Crippen molar-refractivity contribution in [2.75, 3.05) is 6.54 Å². The SMILES string of the molecule is Cc1cc(C)n(CCCNC(=O)C(NC(=O)c2cccs2)C(C)C)n1. The summed E-state index contributed by atoms with van der Waals surface area (Å²) < 4.78 is 1.94. The zero-order chi connectivity index (χ0) is 18.4. The topological polar surface area (TPSA) is 76.0 Å². The molecule has 2 N–H and O–H groups in total. The Morgan fingerprint density at radius 3 is 2.64 bits per heavy atom. The van der Waals surface area contributed by atoms with Gasteiger partial charge in [-0.1, -0.05) is 19.9 Å². The molecule has 0 spiro atoms. The van der Waals surface area contributed by atoms with Crippen LogP contribution in [-0.4, -0.2) is 34.2 Å². The van der Waals surface area contributed by atoms with Gasteiger partial charge in [0.1, 0.15) is 6.04 Å². The van der Waals surface area contributed by atoms with E-state index in [4.69, 9.17) is 0 Å². The molecule has 2 aromatic rings. The lowest BCUT2D eigenvalue weighted by molar-refractivity contribution is -0.123. The van der Waals surface area contributed by atoms with E-state index in [9.17, 15) is 9.59 Å². The van der Waals surface area contributed by atoms with Crippen LogP contribution in [-0.2, 0) is 11.3 Å². The average molecular weight is 362 g/mol. The van der Waals surface area contributed by atoms with Crippen molar-refractivity contribution in [2.45, 2.75) is 46.7 Å². The lowest BCUT2D eigenvalue weighted by atomic mass is 10.0.